The summed E-state index contributed by atoms with van der Waals surface area (Å²) in [5.41, 5.74) is -0.474. The quantitative estimate of drug-likeness (QED) is 0.690. The molecule has 0 saturated heterocycles. The van der Waals surface area contributed by atoms with Crippen LogP contribution in [0.15, 0.2) is 0 Å². The zero-order valence-corrected chi connectivity index (χ0v) is 11.2. The third-order valence-corrected chi connectivity index (χ3v) is 2.66. The molecule has 0 aliphatic rings. The van der Waals surface area contributed by atoms with Crippen molar-refractivity contribution in [1.29, 1.82) is 5.26 Å². The van der Waals surface area contributed by atoms with Crippen molar-refractivity contribution in [2.75, 3.05) is 0 Å². The third kappa shape index (κ3) is 5.75. The molecular formula is C13H23NO2. The van der Waals surface area contributed by atoms with Gasteiger partial charge in [0.15, 0.2) is 0 Å². The Morgan fingerprint density at radius 3 is 2.12 bits per heavy atom. The van der Waals surface area contributed by atoms with Crippen LogP contribution in [0.5, 0.6) is 0 Å². The summed E-state index contributed by atoms with van der Waals surface area (Å²) < 4.78 is 5.21. The lowest BCUT2D eigenvalue weighted by molar-refractivity contribution is -0.156. The number of carbonyl (C=O) groups excluding carboxylic acids is 1. The number of hydrogen-bond acceptors (Lipinski definition) is 3. The van der Waals surface area contributed by atoms with Crippen LogP contribution in [-0.2, 0) is 9.53 Å². The number of nitriles is 1. The maximum Gasteiger partial charge on any atom is 0.307 e. The fraction of sp³-hybridized carbons (Fsp3) is 0.846. The van der Waals surface area contributed by atoms with E-state index in [1.54, 1.807) is 0 Å². The van der Waals surface area contributed by atoms with Gasteiger partial charge in [0, 0.05) is 0 Å². The highest BCUT2D eigenvalue weighted by atomic mass is 16.6. The van der Waals surface area contributed by atoms with Crippen molar-refractivity contribution in [3.05, 3.63) is 0 Å². The van der Waals surface area contributed by atoms with Crippen LogP contribution in [0.4, 0.5) is 0 Å². The van der Waals surface area contributed by atoms with Crippen LogP contribution in [0.1, 0.15) is 48.0 Å². The molecule has 0 amide bonds. The molecule has 0 rings (SSSR count). The average Bonchev–Trinajstić information content (AvgIpc) is 2.09. The van der Waals surface area contributed by atoms with Crippen LogP contribution in [0.3, 0.4) is 0 Å². The number of nitrogens with zero attached hydrogens (tertiary/aromatic N) is 1. The first kappa shape index (κ1) is 15.0. The van der Waals surface area contributed by atoms with E-state index in [-0.39, 0.29) is 24.2 Å². The number of rotatable bonds is 4. The molecule has 0 bridgehead atoms. The highest BCUT2D eigenvalue weighted by Gasteiger charge is 2.25. The summed E-state index contributed by atoms with van der Waals surface area (Å²) in [6, 6.07) is 2.20. The molecule has 0 heterocycles. The van der Waals surface area contributed by atoms with Gasteiger partial charge in [-0.3, -0.25) is 4.79 Å². The monoisotopic (exact) mass is 225 g/mol. The van der Waals surface area contributed by atoms with E-state index >= 15 is 0 Å². The first-order chi connectivity index (χ1) is 7.17. The predicted octanol–water partition coefficient (Wildman–Crippen LogP) is 3.15. The predicted molar refractivity (Wildman–Crippen MR) is 63.6 cm³/mol. The summed E-state index contributed by atoms with van der Waals surface area (Å²) in [7, 11) is 0. The molecule has 0 aromatic carbocycles. The molecular weight excluding hydrogens is 202 g/mol. The minimum atomic E-state index is -0.474. The molecule has 92 valence electrons. The first-order valence-electron chi connectivity index (χ1n) is 5.79. The summed E-state index contributed by atoms with van der Waals surface area (Å²) in [5.74, 6) is 0.0611. The molecule has 3 heteroatoms. The second-order valence-electron chi connectivity index (χ2n) is 5.63. The maximum atomic E-state index is 11.6. The van der Waals surface area contributed by atoms with Gasteiger partial charge in [0.1, 0.15) is 5.60 Å². The minimum Gasteiger partial charge on any atom is -0.460 e. The minimum absolute atomic E-state index is 0.188. The van der Waals surface area contributed by atoms with Crippen molar-refractivity contribution in [3.63, 3.8) is 0 Å². The normalized spacial score (nSPS) is 15.4. The van der Waals surface area contributed by atoms with E-state index in [2.05, 4.69) is 19.9 Å². The third-order valence-electron chi connectivity index (χ3n) is 2.66. The van der Waals surface area contributed by atoms with Gasteiger partial charge in [0.2, 0.25) is 0 Å². The average molecular weight is 225 g/mol. The molecule has 2 unspecified atom stereocenters. The highest BCUT2D eigenvalue weighted by molar-refractivity contribution is 5.70. The van der Waals surface area contributed by atoms with Gasteiger partial charge in [-0.2, -0.15) is 5.26 Å². The molecule has 0 aromatic heterocycles. The maximum absolute atomic E-state index is 11.6. The smallest absolute Gasteiger partial charge is 0.307 e. The first-order valence-corrected chi connectivity index (χ1v) is 5.79. The molecule has 0 N–H and O–H groups in total. The lowest BCUT2D eigenvalue weighted by Crippen LogP contribution is -2.27. The lowest BCUT2D eigenvalue weighted by atomic mass is 9.84. The second kappa shape index (κ2) is 5.89. The number of esters is 1. The highest BCUT2D eigenvalue weighted by Crippen LogP contribution is 2.24. The zero-order valence-electron chi connectivity index (χ0n) is 11.2. The van der Waals surface area contributed by atoms with Crippen molar-refractivity contribution in [2.24, 2.45) is 17.8 Å². The van der Waals surface area contributed by atoms with Crippen molar-refractivity contribution in [3.8, 4) is 6.07 Å². The Morgan fingerprint density at radius 2 is 1.81 bits per heavy atom. The van der Waals surface area contributed by atoms with Gasteiger partial charge in [-0.05, 0) is 32.6 Å². The summed E-state index contributed by atoms with van der Waals surface area (Å²) in [6.07, 6.45) is 0.188. The fourth-order valence-corrected chi connectivity index (χ4v) is 1.38. The Bertz CT molecular complexity index is 271. The molecule has 0 spiro atoms. The largest absolute Gasteiger partial charge is 0.460 e. The van der Waals surface area contributed by atoms with E-state index in [1.807, 2.05) is 27.7 Å². The van der Waals surface area contributed by atoms with Crippen LogP contribution < -0.4 is 0 Å². The molecule has 2 atom stereocenters. The Kier molecular flexibility index (Phi) is 5.50. The van der Waals surface area contributed by atoms with Crippen LogP contribution in [0, 0.1) is 29.1 Å². The Balaban J connectivity index is 4.36. The Morgan fingerprint density at radius 1 is 1.31 bits per heavy atom. The molecule has 0 fully saturated rings. The van der Waals surface area contributed by atoms with E-state index in [9.17, 15) is 4.79 Å². The topological polar surface area (TPSA) is 50.1 Å². The van der Waals surface area contributed by atoms with E-state index in [4.69, 9.17) is 10.00 Å². The zero-order chi connectivity index (χ0) is 12.9. The van der Waals surface area contributed by atoms with E-state index < -0.39 is 5.60 Å². The van der Waals surface area contributed by atoms with E-state index in [1.165, 1.54) is 0 Å². The van der Waals surface area contributed by atoms with Crippen molar-refractivity contribution >= 4 is 5.97 Å². The van der Waals surface area contributed by atoms with Gasteiger partial charge < -0.3 is 4.74 Å². The van der Waals surface area contributed by atoms with Crippen molar-refractivity contribution < 1.29 is 9.53 Å². The summed E-state index contributed by atoms with van der Waals surface area (Å²) in [5, 5.41) is 9.03. The van der Waals surface area contributed by atoms with Crippen molar-refractivity contribution in [1.82, 2.24) is 0 Å². The van der Waals surface area contributed by atoms with Crippen molar-refractivity contribution in [2.45, 2.75) is 53.6 Å². The molecule has 0 aliphatic heterocycles. The van der Waals surface area contributed by atoms with Gasteiger partial charge >= 0.3 is 5.97 Å². The summed E-state index contributed by atoms with van der Waals surface area (Å²) in [6.45, 7) is 11.6. The van der Waals surface area contributed by atoms with E-state index in [0.717, 1.165) is 0 Å². The molecule has 0 saturated carbocycles. The SMILES string of the molecule is CC(C)C(C)C(C#N)CC(=O)OC(C)(C)C. The number of hydrogen-bond donors (Lipinski definition) is 0. The molecule has 0 aromatic rings. The summed E-state index contributed by atoms with van der Waals surface area (Å²) in [4.78, 5) is 11.6. The van der Waals surface area contributed by atoms with Crippen LogP contribution in [0.25, 0.3) is 0 Å². The van der Waals surface area contributed by atoms with Gasteiger partial charge in [-0.1, -0.05) is 20.8 Å². The molecule has 3 nitrogen and oxygen atoms in total. The lowest BCUT2D eigenvalue weighted by Gasteiger charge is -2.23. The van der Waals surface area contributed by atoms with Crippen LogP contribution in [-0.4, -0.2) is 11.6 Å². The fourth-order valence-electron chi connectivity index (χ4n) is 1.38. The number of ether oxygens (including phenoxy) is 1. The number of carbonyl (C=O) groups is 1. The molecule has 0 radical (unpaired) electrons. The van der Waals surface area contributed by atoms with Gasteiger partial charge in [0.05, 0.1) is 18.4 Å². The van der Waals surface area contributed by atoms with Crippen LogP contribution >= 0.6 is 0 Å². The second-order valence-corrected chi connectivity index (χ2v) is 5.63. The standard InChI is InChI=1S/C13H23NO2/c1-9(2)10(3)11(8-14)7-12(15)16-13(4,5)6/h9-11H,7H2,1-6H3. The Hall–Kier alpha value is -1.04. The van der Waals surface area contributed by atoms with Gasteiger partial charge in [-0.25, -0.2) is 0 Å². The summed E-state index contributed by atoms with van der Waals surface area (Å²) >= 11 is 0. The molecule has 0 aliphatic carbocycles. The van der Waals surface area contributed by atoms with E-state index in [0.29, 0.717) is 5.92 Å². The van der Waals surface area contributed by atoms with Crippen LogP contribution in [0.2, 0.25) is 0 Å². The molecule has 16 heavy (non-hydrogen) atoms. The van der Waals surface area contributed by atoms with Gasteiger partial charge in [0.25, 0.3) is 0 Å². The van der Waals surface area contributed by atoms with Gasteiger partial charge in [-0.15, -0.1) is 0 Å². The Labute approximate surface area is 98.8 Å².